The zero-order valence-corrected chi connectivity index (χ0v) is 21.9. The highest BCUT2D eigenvalue weighted by Crippen LogP contribution is 2.41. The molecule has 39 heavy (non-hydrogen) atoms. The smallest absolute Gasteiger partial charge is 0.253 e. The number of carbonyl (C=O) groups excluding carboxylic acids is 4. The molecule has 2 fully saturated rings. The third kappa shape index (κ3) is 4.42. The minimum absolute atomic E-state index is 0.00973. The van der Waals surface area contributed by atoms with Crippen molar-refractivity contribution in [3.05, 3.63) is 100 Å². The third-order valence-corrected chi connectivity index (χ3v) is 8.42. The zero-order chi connectivity index (χ0) is 27.1. The van der Waals surface area contributed by atoms with Crippen LogP contribution in [-0.4, -0.2) is 66.0 Å². The predicted octanol–water partition coefficient (Wildman–Crippen LogP) is 4.63. The number of piperidine rings is 1. The van der Waals surface area contributed by atoms with E-state index in [0.717, 1.165) is 25.0 Å². The second-order valence-electron chi connectivity index (χ2n) is 10.7. The van der Waals surface area contributed by atoms with Crippen LogP contribution in [0.15, 0.2) is 66.7 Å². The number of carbonyl (C=O) groups is 4. The largest absolute Gasteiger partial charge is 0.494 e. The van der Waals surface area contributed by atoms with Crippen molar-refractivity contribution in [2.24, 2.45) is 5.41 Å². The number of ketones is 2. The molecule has 0 unspecified atom stereocenters. The molecule has 3 aromatic carbocycles. The van der Waals surface area contributed by atoms with Crippen molar-refractivity contribution < 1.29 is 23.9 Å². The van der Waals surface area contributed by atoms with E-state index in [1.807, 2.05) is 41.0 Å². The lowest BCUT2D eigenvalue weighted by Crippen LogP contribution is -2.44. The number of likely N-dealkylation sites (tertiary alicyclic amines) is 2. The first-order valence-corrected chi connectivity index (χ1v) is 13.5. The first-order valence-electron chi connectivity index (χ1n) is 13.5. The van der Waals surface area contributed by atoms with Gasteiger partial charge in [-0.3, -0.25) is 19.2 Å². The molecule has 6 rings (SSSR count). The van der Waals surface area contributed by atoms with E-state index in [4.69, 9.17) is 4.74 Å². The van der Waals surface area contributed by atoms with E-state index in [2.05, 4.69) is 0 Å². The van der Waals surface area contributed by atoms with E-state index < -0.39 is 0 Å². The Morgan fingerprint density at radius 2 is 1.26 bits per heavy atom. The molecule has 198 valence electrons. The summed E-state index contributed by atoms with van der Waals surface area (Å²) >= 11 is 0. The molecule has 7 heteroatoms. The van der Waals surface area contributed by atoms with Gasteiger partial charge in [-0.15, -0.1) is 0 Å². The molecule has 2 heterocycles. The minimum atomic E-state index is -0.225. The Morgan fingerprint density at radius 3 is 1.90 bits per heavy atom. The second kappa shape index (κ2) is 9.80. The van der Waals surface area contributed by atoms with Gasteiger partial charge in [0.2, 0.25) is 0 Å². The highest BCUT2D eigenvalue weighted by Gasteiger charge is 2.43. The lowest BCUT2D eigenvalue weighted by molar-refractivity contribution is 0.0565. The number of amides is 2. The van der Waals surface area contributed by atoms with Crippen LogP contribution in [0.4, 0.5) is 0 Å². The molecule has 0 radical (unpaired) electrons. The van der Waals surface area contributed by atoms with Gasteiger partial charge in [0, 0.05) is 59.6 Å². The molecule has 0 N–H and O–H groups in total. The van der Waals surface area contributed by atoms with Crippen LogP contribution in [-0.2, 0) is 0 Å². The summed E-state index contributed by atoms with van der Waals surface area (Å²) in [5, 5.41) is 0. The number of benzene rings is 3. The fraction of sp³-hybridized carbons (Fsp3) is 0.312. The van der Waals surface area contributed by atoms with Crippen LogP contribution in [0.3, 0.4) is 0 Å². The molecule has 0 saturated carbocycles. The summed E-state index contributed by atoms with van der Waals surface area (Å²) in [6.07, 6.45) is 2.57. The van der Waals surface area contributed by atoms with Gasteiger partial charge < -0.3 is 14.5 Å². The van der Waals surface area contributed by atoms with Crippen LogP contribution in [0.1, 0.15) is 78.7 Å². The summed E-state index contributed by atoms with van der Waals surface area (Å²) < 4.78 is 5.47. The van der Waals surface area contributed by atoms with Crippen LogP contribution >= 0.6 is 0 Å². The molecule has 0 atom stereocenters. The molecule has 0 aromatic heterocycles. The lowest BCUT2D eigenvalue weighted by Gasteiger charge is -2.39. The summed E-state index contributed by atoms with van der Waals surface area (Å²) in [7, 11) is 0. The molecule has 2 amide bonds. The van der Waals surface area contributed by atoms with Gasteiger partial charge in [-0.1, -0.05) is 24.3 Å². The summed E-state index contributed by atoms with van der Waals surface area (Å²) in [5.41, 5.74) is 2.49. The quantitative estimate of drug-likeness (QED) is 0.390. The van der Waals surface area contributed by atoms with Crippen molar-refractivity contribution in [2.75, 3.05) is 32.8 Å². The number of fused-ring (bicyclic) bond motifs is 2. The average molecular weight is 523 g/mol. The second-order valence-corrected chi connectivity index (χ2v) is 10.7. The Morgan fingerprint density at radius 1 is 0.718 bits per heavy atom. The van der Waals surface area contributed by atoms with Gasteiger partial charge in [0.15, 0.2) is 11.6 Å². The van der Waals surface area contributed by atoms with E-state index in [-0.39, 0.29) is 28.8 Å². The molecule has 0 bridgehead atoms. The number of ether oxygens (including phenoxy) is 1. The maximum absolute atomic E-state index is 13.5. The Labute approximate surface area is 227 Å². The SMILES string of the molecule is CCOc1ccc(C(=O)N2CCC3(CC2)CCN(C(=O)c2ccc4c(c2)C(=O)c2ccccc2C4=O)C3)cc1. The summed E-state index contributed by atoms with van der Waals surface area (Å²) in [6, 6.07) is 18.9. The molecule has 2 saturated heterocycles. The Balaban J connectivity index is 1.11. The Bertz CT molecular complexity index is 1480. The molecule has 7 nitrogen and oxygen atoms in total. The fourth-order valence-electron chi connectivity index (χ4n) is 6.16. The van der Waals surface area contributed by atoms with Crippen LogP contribution in [0, 0.1) is 5.41 Å². The van der Waals surface area contributed by atoms with E-state index >= 15 is 0 Å². The van der Waals surface area contributed by atoms with E-state index in [0.29, 0.717) is 66.2 Å². The average Bonchev–Trinajstić information content (AvgIpc) is 3.39. The van der Waals surface area contributed by atoms with Gasteiger partial charge >= 0.3 is 0 Å². The van der Waals surface area contributed by atoms with Crippen molar-refractivity contribution in [2.45, 2.75) is 26.2 Å². The van der Waals surface area contributed by atoms with Crippen LogP contribution in [0.5, 0.6) is 5.75 Å². The highest BCUT2D eigenvalue weighted by molar-refractivity contribution is 6.28. The fourth-order valence-corrected chi connectivity index (χ4v) is 6.16. The highest BCUT2D eigenvalue weighted by atomic mass is 16.5. The molecular weight excluding hydrogens is 492 g/mol. The Hall–Kier alpha value is -4.26. The maximum Gasteiger partial charge on any atom is 0.253 e. The Kier molecular flexibility index (Phi) is 6.29. The number of rotatable bonds is 4. The monoisotopic (exact) mass is 522 g/mol. The molecule has 1 aliphatic carbocycles. The molecule has 1 spiro atoms. The van der Waals surface area contributed by atoms with Gasteiger partial charge in [-0.25, -0.2) is 0 Å². The van der Waals surface area contributed by atoms with Crippen LogP contribution < -0.4 is 4.74 Å². The van der Waals surface area contributed by atoms with Crippen molar-refractivity contribution in [1.29, 1.82) is 0 Å². The van der Waals surface area contributed by atoms with Gasteiger partial charge in [0.05, 0.1) is 6.61 Å². The normalized spacial score (nSPS) is 17.7. The summed E-state index contributed by atoms with van der Waals surface area (Å²) in [4.78, 5) is 56.3. The van der Waals surface area contributed by atoms with Gasteiger partial charge in [0.25, 0.3) is 11.8 Å². The van der Waals surface area contributed by atoms with Crippen LogP contribution in [0.25, 0.3) is 0 Å². The maximum atomic E-state index is 13.5. The lowest BCUT2D eigenvalue weighted by atomic mass is 9.77. The minimum Gasteiger partial charge on any atom is -0.494 e. The van der Waals surface area contributed by atoms with Crippen molar-refractivity contribution >= 4 is 23.4 Å². The third-order valence-electron chi connectivity index (χ3n) is 8.42. The number of hydrogen-bond acceptors (Lipinski definition) is 5. The molecule has 3 aromatic rings. The van der Waals surface area contributed by atoms with Crippen LogP contribution in [0.2, 0.25) is 0 Å². The van der Waals surface area contributed by atoms with Crippen molar-refractivity contribution in [3.8, 4) is 5.75 Å². The first-order chi connectivity index (χ1) is 18.9. The standard InChI is InChI=1S/C32H30N2O5/c1-2-39-23-10-7-21(8-11-23)30(37)33-16-13-32(14-17-33)15-18-34(20-32)31(38)22-9-12-26-27(19-22)29(36)25-6-4-3-5-24(25)28(26)35/h3-12,19H,2,13-18,20H2,1H3. The number of hydrogen-bond donors (Lipinski definition) is 0. The predicted molar refractivity (Wildman–Crippen MR) is 145 cm³/mol. The van der Waals surface area contributed by atoms with Crippen molar-refractivity contribution in [3.63, 3.8) is 0 Å². The topological polar surface area (TPSA) is 84.0 Å². The summed E-state index contributed by atoms with van der Waals surface area (Å²) in [5.74, 6) is 0.237. The molecule has 2 aliphatic heterocycles. The molecular formula is C32H30N2O5. The van der Waals surface area contributed by atoms with Gasteiger partial charge in [-0.2, -0.15) is 0 Å². The van der Waals surface area contributed by atoms with Gasteiger partial charge in [-0.05, 0) is 74.1 Å². The first kappa shape index (κ1) is 25.0. The van der Waals surface area contributed by atoms with Crippen molar-refractivity contribution in [1.82, 2.24) is 9.80 Å². The molecule has 3 aliphatic rings. The summed E-state index contributed by atoms with van der Waals surface area (Å²) in [6.45, 7) is 5.09. The van der Waals surface area contributed by atoms with E-state index in [9.17, 15) is 19.2 Å². The van der Waals surface area contributed by atoms with E-state index in [1.165, 1.54) is 0 Å². The number of nitrogens with zero attached hydrogens (tertiary/aromatic N) is 2. The van der Waals surface area contributed by atoms with E-state index in [1.54, 1.807) is 42.5 Å². The van der Waals surface area contributed by atoms with Gasteiger partial charge in [0.1, 0.15) is 5.75 Å². The zero-order valence-electron chi connectivity index (χ0n) is 21.9.